The molecule has 2 fully saturated rings. The van der Waals surface area contributed by atoms with Crippen molar-refractivity contribution in [2.75, 3.05) is 64.2 Å². The van der Waals surface area contributed by atoms with Gasteiger partial charge in [-0.25, -0.2) is 0 Å². The molecule has 212 valence electrons. The molecule has 6 N–H and O–H groups in total. The normalized spacial score (nSPS) is 37.0. The highest BCUT2D eigenvalue weighted by atomic mass is 79.9. The molecule has 2 rings (SSSR count). The van der Waals surface area contributed by atoms with Crippen molar-refractivity contribution in [3.8, 4) is 0 Å². The number of hydrogen-bond donors (Lipinski definition) is 7. The van der Waals surface area contributed by atoms with E-state index in [4.69, 9.17) is 38.6 Å². The smallest absolute Gasteiger partial charge is 0.186 e. The molecule has 0 aromatic heterocycles. The fraction of sp³-hybridized carbons (Fsp3) is 1.00. The van der Waals surface area contributed by atoms with Crippen LogP contribution in [0.1, 0.15) is 0 Å². The van der Waals surface area contributed by atoms with Crippen LogP contribution in [0.2, 0.25) is 0 Å². The molecule has 4 unspecified atom stereocenters. The van der Waals surface area contributed by atoms with Crippen molar-refractivity contribution >= 4 is 40.3 Å². The number of rotatable bonds is 10. The first-order valence-corrected chi connectivity index (χ1v) is 13.7. The Hall–Kier alpha value is 0.700. The predicted molar refractivity (Wildman–Crippen MR) is 136 cm³/mol. The minimum Gasteiger partial charge on any atom is -0.396 e. The molecule has 0 aromatic rings. The maximum atomic E-state index is 9.87. The Balaban J connectivity index is 0.000000581. The quantitative estimate of drug-likeness (QED) is 0.0833. The summed E-state index contributed by atoms with van der Waals surface area (Å²) in [6.45, 7) is 0.275. The van der Waals surface area contributed by atoms with E-state index in [0.717, 1.165) is 0 Å². The summed E-state index contributed by atoms with van der Waals surface area (Å²) in [5, 5.41) is 55.8. The summed E-state index contributed by atoms with van der Waals surface area (Å²) in [5.41, 5.74) is 0. The third-order valence-corrected chi connectivity index (χ3v) is 6.93. The van der Waals surface area contributed by atoms with E-state index in [1.54, 1.807) is 0 Å². The highest BCUT2D eigenvalue weighted by molar-refractivity contribution is 9.09. The number of thioether (sulfide) groups is 1. The van der Waals surface area contributed by atoms with Crippen LogP contribution in [0.15, 0.2) is 0 Å². The second kappa shape index (κ2) is 20.6. The number of alkyl halides is 1. The van der Waals surface area contributed by atoms with E-state index in [-0.39, 0.29) is 25.4 Å². The van der Waals surface area contributed by atoms with Crippen LogP contribution >= 0.6 is 40.3 Å². The predicted octanol–water partition coefficient (Wildman–Crippen LogP) is -1.78. The Bertz CT molecular complexity index is 511. The largest absolute Gasteiger partial charge is 0.396 e. The molecule has 0 spiro atoms. The van der Waals surface area contributed by atoms with E-state index in [9.17, 15) is 20.4 Å². The van der Waals surface area contributed by atoms with Gasteiger partial charge in [0.2, 0.25) is 0 Å². The standard InChI is InChI=1S/C10H20O6S.C8H15BrO5.C2H6OS/c1-14-9-6(5-17-4-3-11)16-10(15-2)8(13)7(9)12;1-12-7-4(3-9)14-8(13-2)6(11)5(7)10;3-1-2-4/h6-13H,3-5H2,1-2H3;4-8,10-11H,3H2,1-2H3;3-4H,1-2H2/t6?,7-,8?,9-,10+;4?,5-,6?,7-,8+;/m11./s1. The molecule has 0 saturated carbocycles. The average Bonchev–Trinajstić information content (AvgIpc) is 2.88. The van der Waals surface area contributed by atoms with E-state index in [1.807, 2.05) is 0 Å². The Morgan fingerprint density at radius 2 is 1.17 bits per heavy atom. The lowest BCUT2D eigenvalue weighted by atomic mass is 10.00. The molecule has 0 bridgehead atoms. The number of halogens is 1. The maximum absolute atomic E-state index is 9.87. The minimum atomic E-state index is -1.12. The van der Waals surface area contributed by atoms with Crippen molar-refractivity contribution in [2.45, 2.75) is 61.4 Å². The van der Waals surface area contributed by atoms with Gasteiger partial charge < -0.3 is 59.1 Å². The molecule has 0 radical (unpaired) electrons. The van der Waals surface area contributed by atoms with Crippen molar-refractivity contribution < 1.29 is 59.1 Å². The Labute approximate surface area is 224 Å². The first-order valence-electron chi connectivity index (χ1n) is 10.8. The monoisotopic (exact) mass is 616 g/mol. The number of aliphatic hydroxyl groups is 6. The van der Waals surface area contributed by atoms with Gasteiger partial charge in [0.1, 0.15) is 36.6 Å². The summed E-state index contributed by atoms with van der Waals surface area (Å²) >= 11 is 8.40. The third kappa shape index (κ3) is 11.5. The van der Waals surface area contributed by atoms with E-state index in [0.29, 0.717) is 22.6 Å². The Morgan fingerprint density at radius 3 is 1.51 bits per heavy atom. The molecule has 2 heterocycles. The van der Waals surface area contributed by atoms with Crippen molar-refractivity contribution in [1.82, 2.24) is 0 Å². The Kier molecular flexibility index (Phi) is 21.0. The van der Waals surface area contributed by atoms with Gasteiger partial charge in [-0.3, -0.25) is 0 Å². The number of hydrogen-bond acceptors (Lipinski definition) is 14. The zero-order valence-electron chi connectivity index (χ0n) is 20.4. The molecule has 35 heavy (non-hydrogen) atoms. The fourth-order valence-corrected chi connectivity index (χ4v) is 4.62. The molecule has 2 aliphatic rings. The van der Waals surface area contributed by atoms with Crippen LogP contribution in [0, 0.1) is 0 Å². The first-order chi connectivity index (χ1) is 16.7. The van der Waals surface area contributed by atoms with Gasteiger partial charge in [0.05, 0.1) is 25.4 Å². The van der Waals surface area contributed by atoms with E-state index >= 15 is 0 Å². The third-order valence-electron chi connectivity index (χ3n) is 5.06. The summed E-state index contributed by atoms with van der Waals surface area (Å²) in [6, 6.07) is 0. The lowest BCUT2D eigenvalue weighted by molar-refractivity contribution is -0.288. The molecule has 15 heteroatoms. The highest BCUT2D eigenvalue weighted by Gasteiger charge is 2.45. The van der Waals surface area contributed by atoms with Gasteiger partial charge >= 0.3 is 0 Å². The summed E-state index contributed by atoms with van der Waals surface area (Å²) in [7, 11) is 5.75. The molecular weight excluding hydrogens is 576 g/mol. The molecule has 0 amide bonds. The van der Waals surface area contributed by atoms with Gasteiger partial charge in [-0.15, -0.1) is 0 Å². The van der Waals surface area contributed by atoms with Crippen LogP contribution in [-0.4, -0.2) is 156 Å². The molecule has 0 aromatic carbocycles. The van der Waals surface area contributed by atoms with Crippen LogP contribution in [0.25, 0.3) is 0 Å². The van der Waals surface area contributed by atoms with Gasteiger partial charge in [0.15, 0.2) is 12.6 Å². The van der Waals surface area contributed by atoms with Gasteiger partial charge in [-0.1, -0.05) is 15.9 Å². The number of thiol groups is 1. The first kappa shape index (κ1) is 35.7. The van der Waals surface area contributed by atoms with Gasteiger partial charge in [-0.05, 0) is 0 Å². The average molecular weight is 618 g/mol. The lowest BCUT2D eigenvalue weighted by Crippen LogP contribution is -2.59. The SMILES string of the molecule is CO[C@H]1OC(CBr)[C@@H](OC)[C@H](O)C1O.CO[C@H]1OC(CSCCO)[C@@H](OC)[C@H](O)C1O.OCCS. The number of methoxy groups -OCH3 is 4. The number of ether oxygens (including phenoxy) is 6. The van der Waals surface area contributed by atoms with E-state index in [2.05, 4.69) is 28.6 Å². The van der Waals surface area contributed by atoms with Crippen molar-refractivity contribution in [3.63, 3.8) is 0 Å². The van der Waals surface area contributed by atoms with Gasteiger partial charge in [0, 0.05) is 51.0 Å². The van der Waals surface area contributed by atoms with E-state index < -0.39 is 49.2 Å². The fourth-order valence-electron chi connectivity index (χ4n) is 3.31. The zero-order valence-corrected chi connectivity index (χ0v) is 23.7. The summed E-state index contributed by atoms with van der Waals surface area (Å²) in [6.07, 6.45) is -7.75. The molecule has 10 atom stereocenters. The van der Waals surface area contributed by atoms with Crippen LogP contribution in [0.5, 0.6) is 0 Å². The van der Waals surface area contributed by atoms with Crippen LogP contribution < -0.4 is 0 Å². The summed E-state index contributed by atoms with van der Waals surface area (Å²) in [4.78, 5) is 0. The minimum absolute atomic E-state index is 0.0912. The van der Waals surface area contributed by atoms with Crippen LogP contribution in [0.4, 0.5) is 0 Å². The number of aliphatic hydroxyl groups excluding tert-OH is 6. The topological polar surface area (TPSA) is 177 Å². The molecular formula is C20H41BrO12S2. The molecule has 2 saturated heterocycles. The lowest BCUT2D eigenvalue weighted by Gasteiger charge is -2.41. The summed E-state index contributed by atoms with van der Waals surface area (Å²) < 4.78 is 30.9. The van der Waals surface area contributed by atoms with E-state index in [1.165, 1.54) is 40.2 Å². The maximum Gasteiger partial charge on any atom is 0.186 e. The second-order valence-electron chi connectivity index (χ2n) is 7.32. The van der Waals surface area contributed by atoms with Crippen LogP contribution in [-0.2, 0) is 28.4 Å². The molecule has 12 nitrogen and oxygen atoms in total. The Morgan fingerprint density at radius 1 is 0.743 bits per heavy atom. The van der Waals surface area contributed by atoms with Gasteiger partial charge in [0.25, 0.3) is 0 Å². The van der Waals surface area contributed by atoms with Crippen LogP contribution in [0.3, 0.4) is 0 Å². The van der Waals surface area contributed by atoms with Crippen molar-refractivity contribution in [2.24, 2.45) is 0 Å². The highest BCUT2D eigenvalue weighted by Crippen LogP contribution is 2.26. The van der Waals surface area contributed by atoms with Crippen molar-refractivity contribution in [3.05, 3.63) is 0 Å². The van der Waals surface area contributed by atoms with Gasteiger partial charge in [-0.2, -0.15) is 24.4 Å². The molecule has 0 aliphatic carbocycles. The second-order valence-corrected chi connectivity index (χ2v) is 9.56. The molecule has 2 aliphatic heterocycles. The van der Waals surface area contributed by atoms with Crippen molar-refractivity contribution in [1.29, 1.82) is 0 Å². The summed E-state index contributed by atoms with van der Waals surface area (Å²) in [5.74, 6) is 1.72. The zero-order chi connectivity index (χ0) is 27.0.